The van der Waals surface area contributed by atoms with Crippen LogP contribution in [0.4, 0.5) is 11.4 Å². The number of hydrogen-bond acceptors (Lipinski definition) is 6. The van der Waals surface area contributed by atoms with E-state index < -0.39 is 31.4 Å². The Morgan fingerprint density at radius 1 is 1.04 bits per heavy atom. The molecule has 10 nitrogen and oxygen atoms in total. The van der Waals surface area contributed by atoms with Crippen molar-refractivity contribution in [3.05, 3.63) is 64.2 Å². The van der Waals surface area contributed by atoms with Gasteiger partial charge in [0.2, 0.25) is 15.9 Å². The van der Waals surface area contributed by atoms with E-state index in [1.807, 2.05) is 0 Å². The first-order chi connectivity index (χ1) is 13.2. The molecule has 0 aliphatic heterocycles. The highest BCUT2D eigenvalue weighted by atomic mass is 32.2. The number of anilines is 1. The SMILES string of the molecule is CC(=O)Nc1ccc(C(=O)NCCNS(=O)(=O)c2ccccc2[N+](=O)[O-])cc1. The third-order valence-electron chi connectivity index (χ3n) is 3.52. The summed E-state index contributed by atoms with van der Waals surface area (Å²) in [5.41, 5.74) is 0.343. The van der Waals surface area contributed by atoms with Crippen LogP contribution in [0.5, 0.6) is 0 Å². The molecular formula is C17H18N4O6S. The Balaban J connectivity index is 1.90. The van der Waals surface area contributed by atoms with E-state index in [4.69, 9.17) is 0 Å². The minimum absolute atomic E-state index is 0.0217. The topological polar surface area (TPSA) is 148 Å². The summed E-state index contributed by atoms with van der Waals surface area (Å²) in [5, 5.41) is 16.1. The Morgan fingerprint density at radius 3 is 2.29 bits per heavy atom. The van der Waals surface area contributed by atoms with Crippen molar-refractivity contribution >= 4 is 33.2 Å². The smallest absolute Gasteiger partial charge is 0.289 e. The van der Waals surface area contributed by atoms with Crippen LogP contribution in [0, 0.1) is 10.1 Å². The number of nitro groups is 1. The molecule has 2 aromatic rings. The number of carbonyl (C=O) groups excluding carboxylic acids is 2. The van der Waals surface area contributed by atoms with Crippen molar-refractivity contribution in [3.63, 3.8) is 0 Å². The maximum Gasteiger partial charge on any atom is 0.289 e. The van der Waals surface area contributed by atoms with Gasteiger partial charge in [-0.1, -0.05) is 12.1 Å². The molecule has 28 heavy (non-hydrogen) atoms. The van der Waals surface area contributed by atoms with Crippen LogP contribution in [0.3, 0.4) is 0 Å². The number of nitrogens with one attached hydrogen (secondary N) is 3. The number of hydrogen-bond donors (Lipinski definition) is 3. The van der Waals surface area contributed by atoms with Crippen LogP contribution in [0.2, 0.25) is 0 Å². The van der Waals surface area contributed by atoms with Crippen LogP contribution in [0.25, 0.3) is 0 Å². The number of para-hydroxylation sites is 1. The predicted molar refractivity (Wildman–Crippen MR) is 101 cm³/mol. The van der Waals surface area contributed by atoms with Crippen molar-refractivity contribution in [2.75, 3.05) is 18.4 Å². The van der Waals surface area contributed by atoms with Crippen LogP contribution >= 0.6 is 0 Å². The molecule has 0 saturated carbocycles. The van der Waals surface area contributed by atoms with Crippen molar-refractivity contribution in [2.24, 2.45) is 0 Å². The van der Waals surface area contributed by atoms with Crippen LogP contribution in [-0.4, -0.2) is 38.2 Å². The molecule has 0 unspecified atom stereocenters. The Kier molecular flexibility index (Phi) is 6.79. The quantitative estimate of drug-likeness (QED) is 0.341. The third-order valence-corrected chi connectivity index (χ3v) is 5.03. The van der Waals surface area contributed by atoms with Gasteiger partial charge in [0.05, 0.1) is 4.92 Å². The normalized spacial score (nSPS) is 10.9. The zero-order valence-corrected chi connectivity index (χ0v) is 15.7. The predicted octanol–water partition coefficient (Wildman–Crippen LogP) is 1.26. The highest BCUT2D eigenvalue weighted by Gasteiger charge is 2.24. The summed E-state index contributed by atoms with van der Waals surface area (Å²) in [6, 6.07) is 11.1. The van der Waals surface area contributed by atoms with Crippen LogP contribution in [-0.2, 0) is 14.8 Å². The molecule has 0 heterocycles. The second kappa shape index (κ2) is 9.06. The summed E-state index contributed by atoms with van der Waals surface area (Å²) >= 11 is 0. The highest BCUT2D eigenvalue weighted by molar-refractivity contribution is 7.89. The molecule has 2 aromatic carbocycles. The van der Waals surface area contributed by atoms with Gasteiger partial charge in [0.1, 0.15) is 0 Å². The van der Waals surface area contributed by atoms with Gasteiger partial charge in [-0.05, 0) is 30.3 Å². The Morgan fingerprint density at radius 2 is 1.68 bits per heavy atom. The van der Waals surface area contributed by atoms with Gasteiger partial charge >= 0.3 is 0 Å². The minimum Gasteiger partial charge on any atom is -0.351 e. The van der Waals surface area contributed by atoms with Crippen molar-refractivity contribution in [3.8, 4) is 0 Å². The zero-order valence-electron chi connectivity index (χ0n) is 14.8. The zero-order chi connectivity index (χ0) is 20.7. The second-order valence-electron chi connectivity index (χ2n) is 5.64. The lowest BCUT2D eigenvalue weighted by Gasteiger charge is -2.09. The molecule has 0 atom stereocenters. The number of carbonyl (C=O) groups is 2. The summed E-state index contributed by atoms with van der Waals surface area (Å²) in [7, 11) is -4.10. The van der Waals surface area contributed by atoms with E-state index in [0.29, 0.717) is 11.3 Å². The maximum atomic E-state index is 12.2. The summed E-state index contributed by atoms with van der Waals surface area (Å²) in [6.45, 7) is 1.20. The van der Waals surface area contributed by atoms with Gasteiger partial charge < -0.3 is 10.6 Å². The second-order valence-corrected chi connectivity index (χ2v) is 7.37. The molecule has 148 valence electrons. The van der Waals surface area contributed by atoms with Crippen molar-refractivity contribution < 1.29 is 22.9 Å². The molecule has 0 fully saturated rings. The molecular weight excluding hydrogens is 388 g/mol. The van der Waals surface area contributed by atoms with E-state index >= 15 is 0 Å². The molecule has 0 saturated heterocycles. The van der Waals surface area contributed by atoms with E-state index in [2.05, 4.69) is 15.4 Å². The summed E-state index contributed by atoms with van der Waals surface area (Å²) < 4.78 is 26.7. The molecule has 0 aromatic heterocycles. The van der Waals surface area contributed by atoms with Crippen LogP contribution in [0.1, 0.15) is 17.3 Å². The van der Waals surface area contributed by atoms with Gasteiger partial charge in [-0.3, -0.25) is 19.7 Å². The summed E-state index contributed by atoms with van der Waals surface area (Å²) in [5.74, 6) is -0.664. The van der Waals surface area contributed by atoms with Gasteiger partial charge in [0.25, 0.3) is 11.6 Å². The van der Waals surface area contributed by atoms with Crippen molar-refractivity contribution in [1.29, 1.82) is 0 Å². The summed E-state index contributed by atoms with van der Waals surface area (Å²) in [4.78, 5) is 32.8. The van der Waals surface area contributed by atoms with Gasteiger partial charge in [-0.2, -0.15) is 0 Å². The van der Waals surface area contributed by atoms with Gasteiger partial charge in [0.15, 0.2) is 4.90 Å². The lowest BCUT2D eigenvalue weighted by molar-refractivity contribution is -0.387. The van der Waals surface area contributed by atoms with Crippen molar-refractivity contribution in [1.82, 2.24) is 10.0 Å². The van der Waals surface area contributed by atoms with Gasteiger partial charge in [-0.25, -0.2) is 13.1 Å². The van der Waals surface area contributed by atoms with E-state index in [9.17, 15) is 28.1 Å². The largest absolute Gasteiger partial charge is 0.351 e. The van der Waals surface area contributed by atoms with Gasteiger partial charge in [-0.15, -0.1) is 0 Å². The number of nitrogens with zero attached hydrogens (tertiary/aromatic N) is 1. The lowest BCUT2D eigenvalue weighted by Crippen LogP contribution is -2.34. The minimum atomic E-state index is -4.10. The van der Waals surface area contributed by atoms with Crippen LogP contribution in [0.15, 0.2) is 53.4 Å². The molecule has 0 bridgehead atoms. The lowest BCUT2D eigenvalue weighted by atomic mass is 10.2. The fourth-order valence-electron chi connectivity index (χ4n) is 2.28. The molecule has 0 aliphatic carbocycles. The maximum absolute atomic E-state index is 12.2. The average Bonchev–Trinajstić information content (AvgIpc) is 2.65. The van der Waals surface area contributed by atoms with Gasteiger partial charge in [0, 0.05) is 37.3 Å². The molecule has 0 spiro atoms. The number of amides is 2. The monoisotopic (exact) mass is 406 g/mol. The number of sulfonamides is 1. The number of nitro benzene ring substituents is 1. The summed E-state index contributed by atoms with van der Waals surface area (Å²) in [6.07, 6.45) is 0. The average molecular weight is 406 g/mol. The third kappa shape index (κ3) is 5.59. The van der Waals surface area contributed by atoms with Crippen LogP contribution < -0.4 is 15.4 Å². The van der Waals surface area contributed by atoms with E-state index in [1.165, 1.54) is 31.2 Å². The Hall–Kier alpha value is -3.31. The first kappa shape index (κ1) is 21.0. The first-order valence-corrected chi connectivity index (χ1v) is 9.58. The fourth-order valence-corrected chi connectivity index (χ4v) is 3.49. The molecule has 2 amide bonds. The molecule has 11 heteroatoms. The number of rotatable bonds is 8. The molecule has 0 aliphatic rings. The Labute approximate surface area is 161 Å². The highest BCUT2D eigenvalue weighted by Crippen LogP contribution is 2.22. The van der Waals surface area contributed by atoms with Crippen molar-refractivity contribution in [2.45, 2.75) is 11.8 Å². The molecule has 2 rings (SSSR count). The molecule has 3 N–H and O–H groups in total. The van der Waals surface area contributed by atoms with E-state index in [1.54, 1.807) is 12.1 Å². The van der Waals surface area contributed by atoms with E-state index in [-0.39, 0.29) is 19.0 Å². The Bertz CT molecular complexity index is 989. The van der Waals surface area contributed by atoms with E-state index in [0.717, 1.165) is 12.1 Å². The number of benzene rings is 2. The standard InChI is InChI=1S/C17H18N4O6S/c1-12(22)20-14-8-6-13(7-9-14)17(23)18-10-11-19-28(26,27)16-5-3-2-4-15(16)21(24)25/h2-9,19H,10-11H2,1H3,(H,18,23)(H,20,22). The first-order valence-electron chi connectivity index (χ1n) is 8.09. The fraction of sp³-hybridized carbons (Fsp3) is 0.176. The molecule has 0 radical (unpaired) electrons.